The number of fused-ring (bicyclic) bond motifs is 1. The highest BCUT2D eigenvalue weighted by Crippen LogP contribution is 2.22. The molecule has 28 heavy (non-hydrogen) atoms. The minimum absolute atomic E-state index is 0.0244. The Labute approximate surface area is 164 Å². The van der Waals surface area contributed by atoms with Crippen molar-refractivity contribution in [3.8, 4) is 0 Å². The first kappa shape index (κ1) is 18.0. The van der Waals surface area contributed by atoms with Crippen LogP contribution in [0.4, 0.5) is 5.69 Å². The highest BCUT2D eigenvalue weighted by Gasteiger charge is 2.09. The number of nitrogens with zero attached hydrogens (tertiary/aromatic N) is 1. The maximum Gasteiger partial charge on any atom is 0.228 e. The van der Waals surface area contributed by atoms with Crippen LogP contribution >= 0.6 is 0 Å². The molecule has 4 nitrogen and oxygen atoms in total. The second kappa shape index (κ2) is 7.69. The molecular weight excluding hydrogens is 348 g/mol. The average Bonchev–Trinajstić information content (AvgIpc) is 3.05. The van der Waals surface area contributed by atoms with Gasteiger partial charge >= 0.3 is 0 Å². The van der Waals surface area contributed by atoms with E-state index in [1.807, 2.05) is 60.7 Å². The normalized spacial score (nSPS) is 10.9. The Balaban J connectivity index is 1.41. The van der Waals surface area contributed by atoms with Crippen molar-refractivity contribution in [1.82, 2.24) is 4.98 Å². The quantitative estimate of drug-likeness (QED) is 0.524. The molecular formula is C24H22N2O2. The van der Waals surface area contributed by atoms with Crippen LogP contribution < -0.4 is 5.32 Å². The van der Waals surface area contributed by atoms with Crippen LogP contribution in [0, 0.1) is 13.8 Å². The monoisotopic (exact) mass is 370 g/mol. The van der Waals surface area contributed by atoms with E-state index in [4.69, 9.17) is 4.42 Å². The van der Waals surface area contributed by atoms with E-state index in [1.165, 1.54) is 11.1 Å². The molecule has 0 aliphatic heterocycles. The number of carbonyl (C=O) groups is 1. The van der Waals surface area contributed by atoms with Crippen LogP contribution in [-0.2, 0) is 17.6 Å². The number of hydrogen-bond acceptors (Lipinski definition) is 3. The number of benzene rings is 3. The Hall–Kier alpha value is -3.40. The highest BCUT2D eigenvalue weighted by atomic mass is 16.3. The van der Waals surface area contributed by atoms with E-state index in [2.05, 4.69) is 30.2 Å². The van der Waals surface area contributed by atoms with E-state index >= 15 is 0 Å². The standard InChI is InChI=1S/C24H22N2O2/c1-16-12-21-22(13-17(16)2)28-24(26-21)15-19-8-10-20(11-9-19)25-23(27)14-18-6-4-3-5-7-18/h3-13H,14-15H2,1-2H3,(H,25,27). The Kier molecular flexibility index (Phi) is 4.94. The zero-order valence-electron chi connectivity index (χ0n) is 16.0. The summed E-state index contributed by atoms with van der Waals surface area (Å²) in [6.07, 6.45) is 0.981. The Morgan fingerprint density at radius 2 is 1.64 bits per heavy atom. The van der Waals surface area contributed by atoms with Crippen LogP contribution in [-0.4, -0.2) is 10.9 Å². The van der Waals surface area contributed by atoms with Gasteiger partial charge in [0.05, 0.1) is 6.42 Å². The van der Waals surface area contributed by atoms with Crippen molar-refractivity contribution in [1.29, 1.82) is 0 Å². The molecule has 0 atom stereocenters. The first-order valence-electron chi connectivity index (χ1n) is 9.36. The number of nitrogens with one attached hydrogen (secondary N) is 1. The molecule has 0 bridgehead atoms. The molecule has 4 aromatic rings. The lowest BCUT2D eigenvalue weighted by Gasteiger charge is -2.06. The van der Waals surface area contributed by atoms with Gasteiger partial charge in [-0.05, 0) is 60.4 Å². The van der Waals surface area contributed by atoms with Gasteiger partial charge < -0.3 is 9.73 Å². The van der Waals surface area contributed by atoms with Crippen molar-refractivity contribution in [2.75, 3.05) is 5.32 Å². The molecule has 0 fully saturated rings. The molecule has 4 heteroatoms. The first-order chi connectivity index (χ1) is 13.6. The lowest BCUT2D eigenvalue weighted by Crippen LogP contribution is -2.14. The summed E-state index contributed by atoms with van der Waals surface area (Å²) in [4.78, 5) is 16.8. The number of amides is 1. The molecule has 0 saturated heterocycles. The summed E-state index contributed by atoms with van der Waals surface area (Å²) in [7, 11) is 0. The molecule has 1 amide bonds. The van der Waals surface area contributed by atoms with Crippen molar-refractivity contribution >= 4 is 22.7 Å². The predicted octanol–water partition coefficient (Wildman–Crippen LogP) is 5.22. The van der Waals surface area contributed by atoms with Gasteiger partial charge in [-0.2, -0.15) is 0 Å². The Morgan fingerprint density at radius 3 is 2.39 bits per heavy atom. The lowest BCUT2D eigenvalue weighted by atomic mass is 10.1. The second-order valence-corrected chi connectivity index (χ2v) is 7.10. The van der Waals surface area contributed by atoms with Gasteiger partial charge in [0, 0.05) is 12.1 Å². The van der Waals surface area contributed by atoms with Crippen LogP contribution in [0.1, 0.15) is 28.1 Å². The van der Waals surface area contributed by atoms with Crippen molar-refractivity contribution in [3.63, 3.8) is 0 Å². The smallest absolute Gasteiger partial charge is 0.228 e. The van der Waals surface area contributed by atoms with E-state index in [0.29, 0.717) is 18.7 Å². The lowest BCUT2D eigenvalue weighted by molar-refractivity contribution is -0.115. The Morgan fingerprint density at radius 1 is 0.929 bits per heavy atom. The molecule has 4 rings (SSSR count). The summed E-state index contributed by atoms with van der Waals surface area (Å²) >= 11 is 0. The van der Waals surface area contributed by atoms with Gasteiger partial charge in [0.15, 0.2) is 11.5 Å². The molecule has 1 heterocycles. The predicted molar refractivity (Wildman–Crippen MR) is 112 cm³/mol. The summed E-state index contributed by atoms with van der Waals surface area (Å²) in [5, 5.41) is 2.94. The minimum Gasteiger partial charge on any atom is -0.440 e. The minimum atomic E-state index is -0.0244. The van der Waals surface area contributed by atoms with Crippen LogP contribution in [0.2, 0.25) is 0 Å². The van der Waals surface area contributed by atoms with Crippen molar-refractivity contribution in [2.24, 2.45) is 0 Å². The topological polar surface area (TPSA) is 55.1 Å². The number of anilines is 1. The third-order valence-corrected chi connectivity index (χ3v) is 4.85. The molecule has 0 aliphatic rings. The van der Waals surface area contributed by atoms with Crippen molar-refractivity contribution < 1.29 is 9.21 Å². The number of oxazole rings is 1. The van der Waals surface area contributed by atoms with Gasteiger partial charge in [0.2, 0.25) is 5.91 Å². The second-order valence-electron chi connectivity index (χ2n) is 7.10. The fraction of sp³-hybridized carbons (Fsp3) is 0.167. The highest BCUT2D eigenvalue weighted by molar-refractivity contribution is 5.92. The zero-order chi connectivity index (χ0) is 19.5. The van der Waals surface area contributed by atoms with Gasteiger partial charge in [-0.3, -0.25) is 4.79 Å². The van der Waals surface area contributed by atoms with Gasteiger partial charge in [0.25, 0.3) is 0 Å². The molecule has 1 aromatic heterocycles. The largest absolute Gasteiger partial charge is 0.440 e. The maximum absolute atomic E-state index is 12.2. The number of aryl methyl sites for hydroxylation is 2. The van der Waals surface area contributed by atoms with Gasteiger partial charge in [0.1, 0.15) is 5.52 Å². The Bertz CT molecular complexity index is 1070. The molecule has 0 saturated carbocycles. The van der Waals surface area contributed by atoms with Crippen LogP contribution in [0.25, 0.3) is 11.1 Å². The zero-order valence-corrected chi connectivity index (χ0v) is 16.0. The van der Waals surface area contributed by atoms with Gasteiger partial charge in [-0.25, -0.2) is 4.98 Å². The third-order valence-electron chi connectivity index (χ3n) is 4.85. The van der Waals surface area contributed by atoms with E-state index < -0.39 is 0 Å². The fourth-order valence-corrected chi connectivity index (χ4v) is 3.17. The van der Waals surface area contributed by atoms with E-state index in [0.717, 1.165) is 27.9 Å². The summed E-state index contributed by atoms with van der Waals surface area (Å²) in [6.45, 7) is 4.15. The molecule has 0 unspecified atom stereocenters. The van der Waals surface area contributed by atoms with Crippen LogP contribution in [0.3, 0.4) is 0 Å². The SMILES string of the molecule is Cc1cc2nc(Cc3ccc(NC(=O)Cc4ccccc4)cc3)oc2cc1C. The van der Waals surface area contributed by atoms with Gasteiger partial charge in [-0.15, -0.1) is 0 Å². The van der Waals surface area contributed by atoms with Crippen LogP contribution in [0.5, 0.6) is 0 Å². The molecule has 3 aromatic carbocycles. The molecule has 0 aliphatic carbocycles. The fourth-order valence-electron chi connectivity index (χ4n) is 3.17. The molecule has 0 radical (unpaired) electrons. The number of carbonyl (C=O) groups excluding carboxylic acids is 1. The van der Waals surface area contributed by atoms with Crippen LogP contribution in [0.15, 0.2) is 71.1 Å². The number of aromatic nitrogens is 1. The summed E-state index contributed by atoms with van der Waals surface area (Å²) < 4.78 is 5.89. The maximum atomic E-state index is 12.2. The summed E-state index contributed by atoms with van der Waals surface area (Å²) in [5.74, 6) is 0.671. The van der Waals surface area contributed by atoms with E-state index in [9.17, 15) is 4.79 Å². The van der Waals surface area contributed by atoms with Gasteiger partial charge in [-0.1, -0.05) is 42.5 Å². The average molecular weight is 370 g/mol. The molecule has 0 spiro atoms. The number of rotatable bonds is 5. The molecule has 1 N–H and O–H groups in total. The van der Waals surface area contributed by atoms with Crippen molar-refractivity contribution in [3.05, 3.63) is 94.9 Å². The van der Waals surface area contributed by atoms with E-state index in [-0.39, 0.29) is 5.91 Å². The third kappa shape index (κ3) is 4.12. The molecule has 140 valence electrons. The first-order valence-corrected chi connectivity index (χ1v) is 9.36. The number of hydrogen-bond donors (Lipinski definition) is 1. The summed E-state index contributed by atoms with van der Waals surface area (Å²) in [5.41, 5.74) is 6.99. The van der Waals surface area contributed by atoms with Crippen molar-refractivity contribution in [2.45, 2.75) is 26.7 Å². The summed E-state index contributed by atoms with van der Waals surface area (Å²) in [6, 6.07) is 21.6. The van der Waals surface area contributed by atoms with E-state index in [1.54, 1.807) is 0 Å².